The first-order valence-corrected chi connectivity index (χ1v) is 10.8. The summed E-state index contributed by atoms with van der Waals surface area (Å²) in [6.45, 7) is 7.58. The minimum absolute atomic E-state index is 0.0229. The molecule has 170 valence electrons. The summed E-state index contributed by atoms with van der Waals surface area (Å²) in [5.41, 5.74) is 9.88. The smallest absolute Gasteiger partial charge is 0.412 e. The van der Waals surface area contributed by atoms with E-state index in [1.165, 1.54) is 6.08 Å². The molecule has 0 aliphatic heterocycles. The molecule has 0 saturated heterocycles. The van der Waals surface area contributed by atoms with Crippen LogP contribution in [0.25, 0.3) is 17.2 Å². The Morgan fingerprint density at radius 2 is 1.76 bits per heavy atom. The lowest BCUT2D eigenvalue weighted by Gasteiger charge is -2.22. The van der Waals surface area contributed by atoms with Gasteiger partial charge in [-0.15, -0.1) is 0 Å². The Morgan fingerprint density at radius 3 is 2.42 bits per heavy atom. The van der Waals surface area contributed by atoms with E-state index in [9.17, 15) is 9.59 Å². The summed E-state index contributed by atoms with van der Waals surface area (Å²) in [7, 11) is 0. The first-order chi connectivity index (χ1) is 15.6. The average molecular weight is 444 g/mol. The van der Waals surface area contributed by atoms with Crippen molar-refractivity contribution >= 4 is 23.8 Å². The standard InChI is InChI=1S/C27H29N3O3/c1-18(19-9-6-5-7-10-19)23-17-20(30-26(32)33-27(2,3)4)12-13-21(23)22-11-8-16-29-24(22)14-15-25(28)31/h5-18H,1-4H3,(H2,28,31)(H,30,32)/b15-14+. The number of carbonyl (C=O) groups excluding carboxylic acids is 2. The van der Waals surface area contributed by atoms with Gasteiger partial charge < -0.3 is 10.5 Å². The van der Waals surface area contributed by atoms with Gasteiger partial charge in [0, 0.05) is 29.4 Å². The third-order valence-electron chi connectivity index (χ3n) is 5.00. The Bertz CT molecular complexity index is 1160. The lowest BCUT2D eigenvalue weighted by molar-refractivity contribution is -0.113. The molecule has 0 radical (unpaired) electrons. The van der Waals surface area contributed by atoms with Gasteiger partial charge in [0.15, 0.2) is 0 Å². The zero-order chi connectivity index (χ0) is 24.0. The van der Waals surface area contributed by atoms with Gasteiger partial charge in [-0.3, -0.25) is 15.1 Å². The molecule has 0 bridgehead atoms. The Kier molecular flexibility index (Phi) is 7.28. The van der Waals surface area contributed by atoms with Crippen LogP contribution in [0, 0.1) is 0 Å². The van der Waals surface area contributed by atoms with Gasteiger partial charge in [0.25, 0.3) is 0 Å². The van der Waals surface area contributed by atoms with Gasteiger partial charge in [-0.1, -0.05) is 49.4 Å². The number of ether oxygens (including phenoxy) is 1. The number of carbonyl (C=O) groups is 2. The summed E-state index contributed by atoms with van der Waals surface area (Å²) in [6.07, 6.45) is 4.06. The number of hydrogen-bond acceptors (Lipinski definition) is 4. The van der Waals surface area contributed by atoms with Crippen molar-refractivity contribution in [2.75, 3.05) is 5.32 Å². The third kappa shape index (κ3) is 6.53. The molecule has 1 aromatic heterocycles. The molecule has 3 N–H and O–H groups in total. The number of hydrogen-bond donors (Lipinski definition) is 2. The number of nitrogens with zero attached hydrogens (tertiary/aromatic N) is 1. The fourth-order valence-electron chi connectivity index (χ4n) is 3.53. The summed E-state index contributed by atoms with van der Waals surface area (Å²) in [5, 5.41) is 2.83. The molecule has 6 heteroatoms. The maximum Gasteiger partial charge on any atom is 0.412 e. The molecule has 0 spiro atoms. The number of aromatic nitrogens is 1. The monoisotopic (exact) mass is 443 g/mol. The van der Waals surface area contributed by atoms with E-state index in [0.717, 1.165) is 22.3 Å². The van der Waals surface area contributed by atoms with Crippen LogP contribution in [0.2, 0.25) is 0 Å². The van der Waals surface area contributed by atoms with Gasteiger partial charge in [-0.2, -0.15) is 0 Å². The van der Waals surface area contributed by atoms with E-state index in [4.69, 9.17) is 10.5 Å². The second-order valence-corrected chi connectivity index (χ2v) is 8.73. The molecule has 33 heavy (non-hydrogen) atoms. The van der Waals surface area contributed by atoms with Gasteiger partial charge in [-0.05, 0) is 61.7 Å². The Morgan fingerprint density at radius 1 is 1.03 bits per heavy atom. The van der Waals surface area contributed by atoms with E-state index in [2.05, 4.69) is 29.4 Å². The van der Waals surface area contributed by atoms with Crippen molar-refractivity contribution in [2.24, 2.45) is 5.73 Å². The molecular weight excluding hydrogens is 414 g/mol. The number of nitrogens with two attached hydrogens (primary N) is 1. The Balaban J connectivity index is 2.09. The van der Waals surface area contributed by atoms with Gasteiger partial charge in [-0.25, -0.2) is 4.79 Å². The van der Waals surface area contributed by atoms with Crippen LogP contribution in [-0.4, -0.2) is 22.6 Å². The number of benzene rings is 2. The highest BCUT2D eigenvalue weighted by molar-refractivity contribution is 5.92. The van der Waals surface area contributed by atoms with Crippen molar-refractivity contribution in [3.8, 4) is 11.1 Å². The summed E-state index contributed by atoms with van der Waals surface area (Å²) < 4.78 is 5.40. The molecule has 2 amide bonds. The lowest BCUT2D eigenvalue weighted by Crippen LogP contribution is -2.27. The van der Waals surface area contributed by atoms with Gasteiger partial charge in [0.2, 0.25) is 5.91 Å². The molecule has 2 aromatic carbocycles. The van der Waals surface area contributed by atoms with Gasteiger partial charge in [0.05, 0.1) is 5.69 Å². The van der Waals surface area contributed by atoms with E-state index in [1.807, 2.05) is 69.3 Å². The van der Waals surface area contributed by atoms with Crippen LogP contribution in [0.4, 0.5) is 10.5 Å². The van der Waals surface area contributed by atoms with Crippen LogP contribution in [0.15, 0.2) is 72.9 Å². The van der Waals surface area contributed by atoms with E-state index in [0.29, 0.717) is 11.4 Å². The van der Waals surface area contributed by atoms with Crippen molar-refractivity contribution in [1.29, 1.82) is 0 Å². The van der Waals surface area contributed by atoms with Crippen molar-refractivity contribution in [3.63, 3.8) is 0 Å². The topological polar surface area (TPSA) is 94.3 Å². The molecule has 0 aliphatic carbocycles. The zero-order valence-electron chi connectivity index (χ0n) is 19.3. The molecule has 1 unspecified atom stereocenters. The number of primary amides is 1. The van der Waals surface area contributed by atoms with E-state index >= 15 is 0 Å². The molecule has 0 saturated carbocycles. The molecule has 0 aliphatic rings. The van der Waals surface area contributed by atoms with E-state index < -0.39 is 17.6 Å². The number of anilines is 1. The molecule has 6 nitrogen and oxygen atoms in total. The highest BCUT2D eigenvalue weighted by atomic mass is 16.6. The zero-order valence-corrected chi connectivity index (χ0v) is 19.3. The average Bonchev–Trinajstić information content (AvgIpc) is 2.76. The van der Waals surface area contributed by atoms with E-state index in [-0.39, 0.29) is 5.92 Å². The third-order valence-corrected chi connectivity index (χ3v) is 5.00. The minimum atomic E-state index is -0.596. The molecule has 1 heterocycles. The predicted octanol–water partition coefficient (Wildman–Crippen LogP) is 5.75. The normalized spacial score (nSPS) is 12.4. The number of amides is 2. The summed E-state index contributed by atoms with van der Waals surface area (Å²) >= 11 is 0. The van der Waals surface area contributed by atoms with Crippen LogP contribution in [0.3, 0.4) is 0 Å². The number of rotatable bonds is 6. The van der Waals surface area contributed by atoms with Crippen molar-refractivity contribution < 1.29 is 14.3 Å². The van der Waals surface area contributed by atoms with Gasteiger partial charge in [0.1, 0.15) is 5.60 Å². The SMILES string of the molecule is CC(c1ccccc1)c1cc(NC(=O)OC(C)(C)C)ccc1-c1cccnc1/C=C/C(N)=O. The maximum atomic E-state index is 12.3. The number of nitrogens with one attached hydrogen (secondary N) is 1. The lowest BCUT2D eigenvalue weighted by atomic mass is 9.86. The molecule has 0 fully saturated rings. The highest BCUT2D eigenvalue weighted by Crippen LogP contribution is 2.36. The number of pyridine rings is 1. The minimum Gasteiger partial charge on any atom is -0.444 e. The first-order valence-electron chi connectivity index (χ1n) is 10.8. The van der Waals surface area contributed by atoms with Crippen molar-refractivity contribution in [1.82, 2.24) is 4.98 Å². The van der Waals surface area contributed by atoms with Crippen LogP contribution < -0.4 is 11.1 Å². The summed E-state index contributed by atoms with van der Waals surface area (Å²) in [5.74, 6) is -0.517. The molecular formula is C27H29N3O3. The van der Waals surface area contributed by atoms with Crippen LogP contribution in [0.5, 0.6) is 0 Å². The maximum absolute atomic E-state index is 12.3. The van der Waals surface area contributed by atoms with Crippen LogP contribution in [-0.2, 0) is 9.53 Å². The fourth-order valence-corrected chi connectivity index (χ4v) is 3.53. The van der Waals surface area contributed by atoms with Crippen molar-refractivity contribution in [2.45, 2.75) is 39.2 Å². The summed E-state index contributed by atoms with van der Waals surface area (Å²) in [4.78, 5) is 28.1. The summed E-state index contributed by atoms with van der Waals surface area (Å²) in [6, 6.07) is 19.6. The van der Waals surface area contributed by atoms with Crippen LogP contribution in [0.1, 0.15) is 50.4 Å². The first kappa shape index (κ1) is 23.7. The highest BCUT2D eigenvalue weighted by Gasteiger charge is 2.19. The molecule has 3 rings (SSSR count). The quantitative estimate of drug-likeness (QED) is 0.475. The Labute approximate surface area is 194 Å². The van der Waals surface area contributed by atoms with E-state index in [1.54, 1.807) is 12.3 Å². The second-order valence-electron chi connectivity index (χ2n) is 8.73. The second kappa shape index (κ2) is 10.1. The Hall–Kier alpha value is -3.93. The van der Waals surface area contributed by atoms with Crippen LogP contribution >= 0.6 is 0 Å². The fraction of sp³-hybridized carbons (Fsp3) is 0.222. The van der Waals surface area contributed by atoms with Crippen molar-refractivity contribution in [3.05, 3.63) is 89.8 Å². The molecule has 3 aromatic rings. The largest absolute Gasteiger partial charge is 0.444 e. The molecule has 1 atom stereocenters. The predicted molar refractivity (Wildman–Crippen MR) is 132 cm³/mol. The van der Waals surface area contributed by atoms with Gasteiger partial charge >= 0.3 is 6.09 Å².